The highest BCUT2D eigenvalue weighted by molar-refractivity contribution is 8.15. The number of amides is 2. The van der Waals surface area contributed by atoms with Crippen LogP contribution in [0.25, 0.3) is 0 Å². The summed E-state index contributed by atoms with van der Waals surface area (Å²) < 4.78 is 4.85. The van der Waals surface area contributed by atoms with Gasteiger partial charge in [-0.2, -0.15) is 5.10 Å². The molecule has 0 saturated carbocycles. The summed E-state index contributed by atoms with van der Waals surface area (Å²) in [6.07, 6.45) is 1.71. The number of benzene rings is 1. The van der Waals surface area contributed by atoms with E-state index >= 15 is 0 Å². The summed E-state index contributed by atoms with van der Waals surface area (Å²) in [7, 11) is 1.56. The minimum atomic E-state index is -0.485. The third-order valence-corrected chi connectivity index (χ3v) is 4.28. The van der Waals surface area contributed by atoms with Gasteiger partial charge < -0.3 is 15.4 Å². The number of hydrogen-bond acceptors (Lipinski definition) is 6. The molecule has 1 atom stereocenters. The van der Waals surface area contributed by atoms with E-state index in [2.05, 4.69) is 20.8 Å². The number of thioether (sulfide) groups is 1. The van der Waals surface area contributed by atoms with Gasteiger partial charge in [-0.15, -0.1) is 5.10 Å². The van der Waals surface area contributed by atoms with Crippen molar-refractivity contribution in [3.05, 3.63) is 35.4 Å². The summed E-state index contributed by atoms with van der Waals surface area (Å²) in [5, 5.41) is 13.2. The molecular formula is C16H20N4O3S. The first-order valence-electron chi connectivity index (χ1n) is 7.49. The number of nitrogens with one attached hydrogen (secondary N) is 2. The normalized spacial score (nSPS) is 19.0. The Bertz CT molecular complexity index is 643. The second-order valence-corrected chi connectivity index (χ2v) is 6.39. The highest BCUT2D eigenvalue weighted by atomic mass is 32.2. The van der Waals surface area contributed by atoms with Crippen LogP contribution >= 0.6 is 11.8 Å². The van der Waals surface area contributed by atoms with Gasteiger partial charge in [-0.3, -0.25) is 9.59 Å². The van der Waals surface area contributed by atoms with Gasteiger partial charge >= 0.3 is 0 Å². The average Bonchev–Trinajstić information content (AvgIpc) is 2.89. The summed E-state index contributed by atoms with van der Waals surface area (Å²) in [4.78, 5) is 23.6. The molecule has 1 heterocycles. The molecule has 24 heavy (non-hydrogen) atoms. The SMILES string of the molecule is COCCNC(=O)C[C@@H]1S/C(=N\N=C/c2ccc(C)cc2)NC1=O. The molecule has 2 N–H and O–H groups in total. The molecular weight excluding hydrogens is 328 g/mol. The number of carbonyl (C=O) groups excluding carboxylic acids is 2. The van der Waals surface area contributed by atoms with E-state index in [4.69, 9.17) is 4.74 Å². The number of nitrogens with zero attached hydrogens (tertiary/aromatic N) is 2. The third kappa shape index (κ3) is 5.78. The Morgan fingerprint density at radius 2 is 2.17 bits per heavy atom. The van der Waals surface area contributed by atoms with Gasteiger partial charge in [0.2, 0.25) is 11.8 Å². The number of amidine groups is 1. The van der Waals surface area contributed by atoms with Gasteiger partial charge in [-0.1, -0.05) is 41.6 Å². The van der Waals surface area contributed by atoms with Crippen LogP contribution in [0, 0.1) is 6.92 Å². The monoisotopic (exact) mass is 348 g/mol. The van der Waals surface area contributed by atoms with E-state index in [1.54, 1.807) is 13.3 Å². The highest BCUT2D eigenvalue weighted by Crippen LogP contribution is 2.22. The lowest BCUT2D eigenvalue weighted by molar-refractivity contribution is -0.125. The molecule has 1 fully saturated rings. The number of aryl methyl sites for hydroxylation is 1. The lowest BCUT2D eigenvalue weighted by Crippen LogP contribution is -2.32. The molecule has 0 aliphatic carbocycles. The van der Waals surface area contributed by atoms with Crippen LogP contribution in [0.15, 0.2) is 34.5 Å². The fourth-order valence-corrected chi connectivity index (χ4v) is 2.84. The molecule has 8 heteroatoms. The molecule has 0 spiro atoms. The molecule has 0 aromatic heterocycles. The van der Waals surface area contributed by atoms with Crippen molar-refractivity contribution in [2.75, 3.05) is 20.3 Å². The van der Waals surface area contributed by atoms with Gasteiger partial charge in [-0.05, 0) is 12.5 Å². The quantitative estimate of drug-likeness (QED) is 0.438. The zero-order chi connectivity index (χ0) is 17.4. The highest BCUT2D eigenvalue weighted by Gasteiger charge is 2.32. The Hall–Kier alpha value is -2.19. The fourth-order valence-electron chi connectivity index (χ4n) is 1.92. The van der Waals surface area contributed by atoms with Gasteiger partial charge in [0.05, 0.1) is 12.8 Å². The van der Waals surface area contributed by atoms with Crippen LogP contribution < -0.4 is 10.6 Å². The fraction of sp³-hybridized carbons (Fsp3) is 0.375. The summed E-state index contributed by atoms with van der Waals surface area (Å²) in [5.41, 5.74) is 2.09. The first-order chi connectivity index (χ1) is 11.6. The number of hydrogen-bond donors (Lipinski definition) is 2. The number of ether oxygens (including phenoxy) is 1. The average molecular weight is 348 g/mol. The van der Waals surface area contributed by atoms with E-state index in [0.717, 1.165) is 5.56 Å². The number of rotatable bonds is 7. The van der Waals surface area contributed by atoms with E-state index < -0.39 is 5.25 Å². The Morgan fingerprint density at radius 1 is 1.42 bits per heavy atom. The van der Waals surface area contributed by atoms with E-state index in [1.165, 1.54) is 17.3 Å². The maximum atomic E-state index is 11.9. The molecule has 2 rings (SSSR count). The van der Waals surface area contributed by atoms with Crippen molar-refractivity contribution in [1.29, 1.82) is 0 Å². The lowest BCUT2D eigenvalue weighted by atomic mass is 10.2. The second kappa shape index (κ2) is 9.19. The van der Waals surface area contributed by atoms with Gasteiger partial charge in [0.1, 0.15) is 5.25 Å². The molecule has 1 saturated heterocycles. The Morgan fingerprint density at radius 3 is 2.88 bits per heavy atom. The number of methoxy groups -OCH3 is 1. The molecule has 128 valence electrons. The van der Waals surface area contributed by atoms with E-state index in [1.807, 2.05) is 31.2 Å². The zero-order valence-electron chi connectivity index (χ0n) is 13.6. The summed E-state index contributed by atoms with van der Waals surface area (Å²) in [6, 6.07) is 7.84. The van der Waals surface area contributed by atoms with Crippen molar-refractivity contribution in [3.8, 4) is 0 Å². The predicted molar refractivity (Wildman–Crippen MR) is 95.2 cm³/mol. The maximum absolute atomic E-state index is 11.9. The van der Waals surface area contributed by atoms with Crippen molar-refractivity contribution >= 4 is 35.0 Å². The van der Waals surface area contributed by atoms with Crippen LogP contribution in [0.4, 0.5) is 0 Å². The number of carbonyl (C=O) groups is 2. The zero-order valence-corrected chi connectivity index (χ0v) is 14.4. The molecule has 7 nitrogen and oxygen atoms in total. The van der Waals surface area contributed by atoms with Crippen molar-refractivity contribution in [3.63, 3.8) is 0 Å². The Kier molecular flexibility index (Phi) is 6.95. The summed E-state index contributed by atoms with van der Waals surface area (Å²) in [5.74, 6) is -0.421. The summed E-state index contributed by atoms with van der Waals surface area (Å²) >= 11 is 1.21. The topological polar surface area (TPSA) is 92.2 Å². The van der Waals surface area contributed by atoms with Crippen LogP contribution in [-0.2, 0) is 14.3 Å². The van der Waals surface area contributed by atoms with Crippen LogP contribution in [0.1, 0.15) is 17.5 Å². The minimum absolute atomic E-state index is 0.0981. The van der Waals surface area contributed by atoms with Crippen molar-refractivity contribution in [1.82, 2.24) is 10.6 Å². The molecule has 1 aliphatic heterocycles. The van der Waals surface area contributed by atoms with Crippen molar-refractivity contribution in [2.45, 2.75) is 18.6 Å². The van der Waals surface area contributed by atoms with E-state index in [0.29, 0.717) is 18.3 Å². The Labute approximate surface area is 144 Å². The van der Waals surface area contributed by atoms with Gasteiger partial charge in [0, 0.05) is 20.1 Å². The smallest absolute Gasteiger partial charge is 0.240 e. The van der Waals surface area contributed by atoms with Gasteiger partial charge in [0.25, 0.3) is 0 Å². The molecule has 0 bridgehead atoms. The third-order valence-electron chi connectivity index (χ3n) is 3.21. The standard InChI is InChI=1S/C16H20N4O3S/c1-11-3-5-12(6-4-11)10-18-20-16-19-15(22)13(24-16)9-14(21)17-7-8-23-2/h3-6,10,13H,7-9H2,1-2H3,(H,17,21)(H,19,20,22)/b18-10-/t13-/m0/s1. The van der Waals surface area contributed by atoms with E-state index in [9.17, 15) is 9.59 Å². The van der Waals surface area contributed by atoms with Crippen LogP contribution in [0.3, 0.4) is 0 Å². The molecule has 1 aromatic rings. The molecule has 2 amide bonds. The van der Waals surface area contributed by atoms with Crippen LogP contribution in [0.5, 0.6) is 0 Å². The van der Waals surface area contributed by atoms with Gasteiger partial charge in [0.15, 0.2) is 5.17 Å². The first kappa shape index (κ1) is 18.2. The second-order valence-electron chi connectivity index (χ2n) is 5.20. The molecule has 1 aromatic carbocycles. The minimum Gasteiger partial charge on any atom is -0.383 e. The molecule has 0 unspecified atom stereocenters. The predicted octanol–water partition coefficient (Wildman–Crippen LogP) is 1.07. The van der Waals surface area contributed by atoms with Crippen LogP contribution in [-0.4, -0.2) is 48.7 Å². The first-order valence-corrected chi connectivity index (χ1v) is 8.37. The lowest BCUT2D eigenvalue weighted by Gasteiger charge is -2.06. The van der Waals surface area contributed by atoms with Gasteiger partial charge in [-0.25, -0.2) is 0 Å². The maximum Gasteiger partial charge on any atom is 0.240 e. The molecule has 1 aliphatic rings. The van der Waals surface area contributed by atoms with E-state index in [-0.39, 0.29) is 18.2 Å². The largest absolute Gasteiger partial charge is 0.383 e. The summed E-state index contributed by atoms with van der Waals surface area (Å²) in [6.45, 7) is 2.88. The van der Waals surface area contributed by atoms with Crippen molar-refractivity contribution < 1.29 is 14.3 Å². The molecule has 0 radical (unpaired) electrons. The Balaban J connectivity index is 1.84. The van der Waals surface area contributed by atoms with Crippen molar-refractivity contribution in [2.24, 2.45) is 10.2 Å². The van der Waals surface area contributed by atoms with Crippen LogP contribution in [0.2, 0.25) is 0 Å².